The fourth-order valence-corrected chi connectivity index (χ4v) is 4.45. The van der Waals surface area contributed by atoms with Gasteiger partial charge >= 0.3 is 6.09 Å². The summed E-state index contributed by atoms with van der Waals surface area (Å²) in [4.78, 5) is 29.6. The van der Waals surface area contributed by atoms with Gasteiger partial charge in [0.15, 0.2) is 0 Å². The molecule has 0 aliphatic carbocycles. The molecule has 2 aromatic carbocycles. The zero-order chi connectivity index (χ0) is 31.3. The predicted molar refractivity (Wildman–Crippen MR) is 170 cm³/mol. The van der Waals surface area contributed by atoms with E-state index in [-0.39, 0.29) is 17.2 Å². The first-order chi connectivity index (χ1) is 19.4. The minimum atomic E-state index is -1.35. The van der Waals surface area contributed by atoms with Gasteiger partial charge in [0.05, 0.1) is 0 Å². The summed E-state index contributed by atoms with van der Waals surface area (Å²) in [6.45, 7) is 18.2. The SMILES string of the molecule is CC(C)c1cc(C(=O)NCCc2ccc(C(C)(C)C)cc2)ccc1OC(C)(Cl)c1cc(NC(=O)OC(C)(C)C)ccn1. The average molecular weight is 594 g/mol. The number of alkyl halides is 1. The Morgan fingerprint density at radius 2 is 1.60 bits per heavy atom. The zero-order valence-electron chi connectivity index (χ0n) is 26.2. The van der Waals surface area contributed by atoms with E-state index in [1.807, 2.05) is 19.9 Å². The molecule has 3 rings (SSSR count). The van der Waals surface area contributed by atoms with Crippen LogP contribution < -0.4 is 15.4 Å². The van der Waals surface area contributed by atoms with E-state index in [1.54, 1.807) is 58.2 Å². The summed E-state index contributed by atoms with van der Waals surface area (Å²) in [5.74, 6) is 0.464. The topological polar surface area (TPSA) is 89.6 Å². The number of nitrogens with zero attached hydrogens (tertiary/aromatic N) is 1. The van der Waals surface area contributed by atoms with Gasteiger partial charge in [0.25, 0.3) is 5.91 Å². The van der Waals surface area contributed by atoms with Crippen LogP contribution in [0.3, 0.4) is 0 Å². The number of halogens is 1. The second-order valence-electron chi connectivity index (χ2n) is 12.9. The van der Waals surface area contributed by atoms with E-state index in [2.05, 4.69) is 60.7 Å². The second-order valence-corrected chi connectivity index (χ2v) is 13.7. The van der Waals surface area contributed by atoms with Crippen molar-refractivity contribution in [3.8, 4) is 5.75 Å². The highest BCUT2D eigenvalue weighted by Crippen LogP contribution is 2.36. The molecule has 3 aromatic rings. The van der Waals surface area contributed by atoms with Crippen LogP contribution in [0.1, 0.15) is 101 Å². The molecule has 2 amide bonds. The third-order valence-electron chi connectivity index (χ3n) is 6.58. The Morgan fingerprint density at radius 1 is 0.929 bits per heavy atom. The fourth-order valence-electron chi connectivity index (χ4n) is 4.26. The molecular weight excluding hydrogens is 550 g/mol. The molecule has 0 bridgehead atoms. The lowest BCUT2D eigenvalue weighted by atomic mass is 9.86. The predicted octanol–water partition coefficient (Wildman–Crippen LogP) is 8.31. The highest BCUT2D eigenvalue weighted by molar-refractivity contribution is 6.22. The number of hydrogen-bond donors (Lipinski definition) is 2. The molecule has 226 valence electrons. The largest absolute Gasteiger partial charge is 0.466 e. The maximum Gasteiger partial charge on any atom is 0.412 e. The molecule has 1 atom stereocenters. The third kappa shape index (κ3) is 9.48. The minimum Gasteiger partial charge on any atom is -0.466 e. The summed E-state index contributed by atoms with van der Waals surface area (Å²) < 4.78 is 11.6. The second kappa shape index (κ2) is 13.2. The van der Waals surface area contributed by atoms with Crippen LogP contribution >= 0.6 is 11.6 Å². The molecule has 7 nitrogen and oxygen atoms in total. The number of aromatic nitrogens is 1. The van der Waals surface area contributed by atoms with E-state index < -0.39 is 16.8 Å². The van der Waals surface area contributed by atoms with Crippen molar-refractivity contribution in [2.75, 3.05) is 11.9 Å². The average Bonchev–Trinajstić information content (AvgIpc) is 2.87. The van der Waals surface area contributed by atoms with Crippen molar-refractivity contribution in [2.45, 2.75) is 90.7 Å². The van der Waals surface area contributed by atoms with E-state index in [1.165, 1.54) is 11.1 Å². The maximum atomic E-state index is 13.0. The highest BCUT2D eigenvalue weighted by Gasteiger charge is 2.30. The normalized spacial score (nSPS) is 13.3. The highest BCUT2D eigenvalue weighted by atomic mass is 35.5. The molecule has 0 fully saturated rings. The number of benzene rings is 2. The number of hydrogen-bond acceptors (Lipinski definition) is 5. The number of nitrogens with one attached hydrogen (secondary N) is 2. The molecule has 42 heavy (non-hydrogen) atoms. The van der Waals surface area contributed by atoms with E-state index in [0.717, 1.165) is 12.0 Å². The Morgan fingerprint density at radius 3 is 2.19 bits per heavy atom. The van der Waals surface area contributed by atoms with Crippen LogP contribution in [0.5, 0.6) is 5.75 Å². The quantitative estimate of drug-likeness (QED) is 0.243. The summed E-state index contributed by atoms with van der Waals surface area (Å²) in [5.41, 5.74) is 4.22. The van der Waals surface area contributed by atoms with Crippen LogP contribution in [0.25, 0.3) is 0 Å². The summed E-state index contributed by atoms with van der Waals surface area (Å²) in [7, 11) is 0. The van der Waals surface area contributed by atoms with Gasteiger partial charge in [0, 0.05) is 24.0 Å². The van der Waals surface area contributed by atoms with E-state index in [0.29, 0.717) is 29.2 Å². The van der Waals surface area contributed by atoms with Crippen LogP contribution in [0.2, 0.25) is 0 Å². The Kier molecular flexibility index (Phi) is 10.3. The first-order valence-electron chi connectivity index (χ1n) is 14.3. The number of carbonyl (C=O) groups excluding carboxylic acids is 2. The van der Waals surface area contributed by atoms with Gasteiger partial charge in [-0.1, -0.05) is 70.5 Å². The number of ether oxygens (including phenoxy) is 2. The lowest BCUT2D eigenvalue weighted by molar-refractivity contribution is 0.0635. The summed E-state index contributed by atoms with van der Waals surface area (Å²) in [6, 6.07) is 17.2. The van der Waals surface area contributed by atoms with Crippen LogP contribution in [0.4, 0.5) is 10.5 Å². The Bertz CT molecular complexity index is 1390. The molecule has 8 heteroatoms. The van der Waals surface area contributed by atoms with Gasteiger partial charge in [-0.05, 0) is 92.5 Å². The van der Waals surface area contributed by atoms with Gasteiger partial charge in [-0.3, -0.25) is 15.1 Å². The van der Waals surface area contributed by atoms with E-state index in [9.17, 15) is 9.59 Å². The standard InChI is InChI=1S/C34H44ClN3O4/c1-22(2)27-20-24(30(39)37-18-16-23-10-13-25(14-11-23)32(3,4)5)12-15-28(27)41-34(9,35)29-21-26(17-19-36-29)38-31(40)42-33(6,7)8/h10-15,17,19-22H,16,18H2,1-9H3,(H,37,39)(H,36,38,40). The smallest absolute Gasteiger partial charge is 0.412 e. The van der Waals surface area contributed by atoms with Crippen LogP contribution in [0, 0.1) is 0 Å². The first-order valence-corrected chi connectivity index (χ1v) is 14.7. The summed E-state index contributed by atoms with van der Waals surface area (Å²) in [5, 5.41) is 4.38. The van der Waals surface area contributed by atoms with Crippen molar-refractivity contribution in [3.63, 3.8) is 0 Å². The first kappa shape index (κ1) is 32.9. The lowest BCUT2D eigenvalue weighted by Crippen LogP contribution is -2.28. The van der Waals surface area contributed by atoms with Crippen molar-refractivity contribution in [2.24, 2.45) is 0 Å². The van der Waals surface area contributed by atoms with Gasteiger partial charge in [-0.2, -0.15) is 0 Å². The van der Waals surface area contributed by atoms with Crippen molar-refractivity contribution >= 4 is 29.3 Å². The van der Waals surface area contributed by atoms with Gasteiger partial charge in [-0.15, -0.1) is 0 Å². The molecule has 0 saturated heterocycles. The molecule has 0 aliphatic heterocycles. The van der Waals surface area contributed by atoms with Crippen molar-refractivity contribution in [1.29, 1.82) is 0 Å². The van der Waals surface area contributed by atoms with Crippen LogP contribution in [-0.2, 0) is 21.6 Å². The minimum absolute atomic E-state index is 0.0645. The van der Waals surface area contributed by atoms with Crippen molar-refractivity contribution in [1.82, 2.24) is 10.3 Å². The van der Waals surface area contributed by atoms with Gasteiger partial charge in [-0.25, -0.2) is 4.79 Å². The number of pyridine rings is 1. The maximum absolute atomic E-state index is 13.0. The molecule has 0 radical (unpaired) electrons. The molecule has 2 N–H and O–H groups in total. The lowest BCUT2D eigenvalue weighted by Gasteiger charge is -2.26. The fraction of sp³-hybridized carbons (Fsp3) is 0.441. The van der Waals surface area contributed by atoms with Crippen LogP contribution in [-0.4, -0.2) is 29.1 Å². The Labute approximate surface area is 255 Å². The zero-order valence-corrected chi connectivity index (χ0v) is 27.0. The summed E-state index contributed by atoms with van der Waals surface area (Å²) >= 11 is 6.84. The molecule has 0 spiro atoms. The van der Waals surface area contributed by atoms with Gasteiger partial charge < -0.3 is 14.8 Å². The number of amides is 2. The third-order valence-corrected chi connectivity index (χ3v) is 6.85. The van der Waals surface area contributed by atoms with E-state index >= 15 is 0 Å². The van der Waals surface area contributed by atoms with Crippen molar-refractivity contribution < 1.29 is 19.1 Å². The Balaban J connectivity index is 1.69. The molecule has 0 aliphatic rings. The van der Waals surface area contributed by atoms with Gasteiger partial charge in [0.2, 0.25) is 5.06 Å². The van der Waals surface area contributed by atoms with E-state index in [4.69, 9.17) is 21.1 Å². The molecule has 1 unspecified atom stereocenters. The number of rotatable bonds is 9. The van der Waals surface area contributed by atoms with Gasteiger partial charge in [0.1, 0.15) is 17.0 Å². The number of anilines is 1. The molecule has 1 aromatic heterocycles. The van der Waals surface area contributed by atoms with Crippen molar-refractivity contribution in [3.05, 3.63) is 88.7 Å². The van der Waals surface area contributed by atoms with Crippen LogP contribution in [0.15, 0.2) is 60.8 Å². The Hall–Kier alpha value is -3.58. The molecule has 0 saturated carbocycles. The monoisotopic (exact) mass is 593 g/mol. The summed E-state index contributed by atoms with van der Waals surface area (Å²) in [6.07, 6.45) is 1.71. The molecular formula is C34H44ClN3O4. The number of carbonyl (C=O) groups is 2. The molecule has 1 heterocycles.